The van der Waals surface area contributed by atoms with Crippen LogP contribution in [0.25, 0.3) is 0 Å². The highest BCUT2D eigenvalue weighted by Crippen LogP contribution is 2.41. The van der Waals surface area contributed by atoms with Crippen LogP contribution in [0.5, 0.6) is 0 Å². The van der Waals surface area contributed by atoms with Crippen LogP contribution in [0.4, 0.5) is 4.79 Å². The molecule has 0 bridgehead atoms. The van der Waals surface area contributed by atoms with E-state index < -0.39 is 5.97 Å². The van der Waals surface area contributed by atoms with Crippen molar-refractivity contribution in [3.63, 3.8) is 0 Å². The van der Waals surface area contributed by atoms with Crippen LogP contribution >= 0.6 is 11.8 Å². The van der Waals surface area contributed by atoms with Gasteiger partial charge in [0.1, 0.15) is 5.37 Å². The third-order valence-corrected chi connectivity index (χ3v) is 4.74. The van der Waals surface area contributed by atoms with E-state index in [1.165, 1.54) is 7.11 Å². The molecule has 1 fully saturated rings. The molecule has 2 unspecified atom stereocenters. The molecule has 2 rings (SSSR count). The van der Waals surface area contributed by atoms with Gasteiger partial charge < -0.3 is 9.84 Å². The third-order valence-electron chi connectivity index (χ3n) is 3.39. The van der Waals surface area contributed by atoms with Crippen molar-refractivity contribution in [2.75, 3.05) is 12.9 Å². The Hall–Kier alpha value is -1.95. The predicted molar refractivity (Wildman–Crippen MR) is 85.7 cm³/mol. The fourth-order valence-electron chi connectivity index (χ4n) is 2.34. The number of hydrogen-bond donors (Lipinski definition) is 1. The monoisotopic (exact) mass is 321 g/mol. The summed E-state index contributed by atoms with van der Waals surface area (Å²) in [7, 11) is 1.37. The quantitative estimate of drug-likeness (QED) is 0.843. The topological polar surface area (TPSA) is 66.8 Å². The highest BCUT2D eigenvalue weighted by molar-refractivity contribution is 7.99. The number of hydrogen-bond acceptors (Lipinski definition) is 4. The predicted octanol–water partition coefficient (Wildman–Crippen LogP) is 3.29. The minimum Gasteiger partial charge on any atom is -0.481 e. The molecule has 2 atom stereocenters. The maximum atomic E-state index is 12.1. The van der Waals surface area contributed by atoms with E-state index in [1.807, 2.05) is 42.5 Å². The summed E-state index contributed by atoms with van der Waals surface area (Å²) in [4.78, 5) is 24.3. The van der Waals surface area contributed by atoms with Crippen LogP contribution in [0.1, 0.15) is 23.8 Å². The van der Waals surface area contributed by atoms with Gasteiger partial charge in [0.15, 0.2) is 0 Å². The number of thioether (sulfide) groups is 1. The zero-order valence-electron chi connectivity index (χ0n) is 12.3. The molecule has 1 aromatic carbocycles. The van der Waals surface area contributed by atoms with Crippen LogP contribution in [-0.2, 0) is 9.53 Å². The number of carbonyl (C=O) groups excluding carboxylic acids is 1. The molecule has 0 aliphatic carbocycles. The van der Waals surface area contributed by atoms with Crippen LogP contribution in [0, 0.1) is 0 Å². The molecule has 0 saturated carbocycles. The van der Waals surface area contributed by atoms with Gasteiger partial charge in [0, 0.05) is 12.2 Å². The summed E-state index contributed by atoms with van der Waals surface area (Å²) < 4.78 is 4.91. The van der Waals surface area contributed by atoms with E-state index in [0.29, 0.717) is 6.42 Å². The number of rotatable bonds is 5. The molecule has 1 aromatic rings. The first-order chi connectivity index (χ1) is 10.6. The normalized spacial score (nSPS) is 21.2. The second-order valence-electron chi connectivity index (χ2n) is 4.90. The molecule has 1 aliphatic heterocycles. The van der Waals surface area contributed by atoms with Gasteiger partial charge in [0.25, 0.3) is 0 Å². The van der Waals surface area contributed by atoms with Gasteiger partial charge in [-0.1, -0.05) is 42.5 Å². The van der Waals surface area contributed by atoms with E-state index >= 15 is 0 Å². The van der Waals surface area contributed by atoms with Crippen molar-refractivity contribution >= 4 is 23.8 Å². The number of ether oxygens (including phenoxy) is 1. The molecule has 0 radical (unpaired) electrons. The van der Waals surface area contributed by atoms with E-state index in [1.54, 1.807) is 16.7 Å². The summed E-state index contributed by atoms with van der Waals surface area (Å²) in [5, 5.41) is 8.57. The molecule has 6 heteroatoms. The number of methoxy groups -OCH3 is 1. The van der Waals surface area contributed by atoms with Crippen molar-refractivity contribution in [2.24, 2.45) is 0 Å². The lowest BCUT2D eigenvalue weighted by atomic mass is 10.1. The Morgan fingerprint density at radius 3 is 2.77 bits per heavy atom. The van der Waals surface area contributed by atoms with Gasteiger partial charge in [-0.2, -0.15) is 0 Å². The lowest BCUT2D eigenvalue weighted by Crippen LogP contribution is -2.37. The highest BCUT2D eigenvalue weighted by atomic mass is 32.2. The molecule has 22 heavy (non-hydrogen) atoms. The van der Waals surface area contributed by atoms with Crippen molar-refractivity contribution < 1.29 is 19.4 Å². The zero-order chi connectivity index (χ0) is 15.9. The first-order valence-corrected chi connectivity index (χ1v) is 8.09. The van der Waals surface area contributed by atoms with Crippen LogP contribution in [0.2, 0.25) is 0 Å². The van der Waals surface area contributed by atoms with Crippen molar-refractivity contribution in [2.45, 2.75) is 24.3 Å². The average Bonchev–Trinajstić information content (AvgIpc) is 2.95. The minimum absolute atomic E-state index is 0.0808. The van der Waals surface area contributed by atoms with E-state index in [4.69, 9.17) is 9.84 Å². The van der Waals surface area contributed by atoms with Crippen molar-refractivity contribution in [3.05, 3.63) is 48.0 Å². The lowest BCUT2D eigenvalue weighted by molar-refractivity contribution is -0.136. The van der Waals surface area contributed by atoms with E-state index in [9.17, 15) is 9.59 Å². The van der Waals surface area contributed by atoms with Gasteiger partial charge in [-0.15, -0.1) is 11.8 Å². The number of carboxylic acids is 1. The fraction of sp³-hybridized carbons (Fsp3) is 0.375. The van der Waals surface area contributed by atoms with Gasteiger partial charge >= 0.3 is 12.1 Å². The summed E-state index contributed by atoms with van der Waals surface area (Å²) in [6.45, 7) is 0. The number of benzene rings is 1. The molecule has 1 aliphatic rings. The van der Waals surface area contributed by atoms with Gasteiger partial charge in [-0.3, -0.25) is 9.69 Å². The SMILES string of the molecule is COC(=O)N1C(C=CCCC(=O)O)CSC1c1ccccc1. The molecular weight excluding hydrogens is 302 g/mol. The number of allylic oxidation sites excluding steroid dienone is 1. The molecule has 0 aromatic heterocycles. The first-order valence-electron chi connectivity index (χ1n) is 7.04. The number of carboxylic acid groups (broad SMARTS) is 1. The third kappa shape index (κ3) is 4.04. The Bertz CT molecular complexity index is 546. The van der Waals surface area contributed by atoms with Gasteiger partial charge in [-0.05, 0) is 12.0 Å². The maximum absolute atomic E-state index is 12.1. The average molecular weight is 321 g/mol. The summed E-state index contributed by atoms with van der Waals surface area (Å²) in [5.74, 6) is -0.0597. The number of amides is 1. The Balaban J connectivity index is 2.11. The summed E-state index contributed by atoms with van der Waals surface area (Å²) >= 11 is 1.68. The molecule has 5 nitrogen and oxygen atoms in total. The van der Waals surface area contributed by atoms with Crippen LogP contribution in [-0.4, -0.2) is 41.0 Å². The summed E-state index contributed by atoms with van der Waals surface area (Å²) in [6, 6.07) is 9.72. The first kappa shape index (κ1) is 16.4. The number of aliphatic carboxylic acids is 1. The second-order valence-corrected chi connectivity index (χ2v) is 6.01. The van der Waals surface area contributed by atoms with Crippen LogP contribution < -0.4 is 0 Å². The second kappa shape index (κ2) is 7.89. The Morgan fingerprint density at radius 1 is 1.41 bits per heavy atom. The Morgan fingerprint density at radius 2 is 2.14 bits per heavy atom. The molecule has 118 valence electrons. The molecule has 1 N–H and O–H groups in total. The van der Waals surface area contributed by atoms with E-state index in [2.05, 4.69) is 0 Å². The molecular formula is C16H19NO4S. The summed E-state index contributed by atoms with van der Waals surface area (Å²) in [6.07, 6.45) is 3.91. The Kier molecular flexibility index (Phi) is 5.89. The van der Waals surface area contributed by atoms with Gasteiger partial charge in [0.05, 0.1) is 13.2 Å². The van der Waals surface area contributed by atoms with Gasteiger partial charge in [-0.25, -0.2) is 4.79 Å². The number of carbonyl (C=O) groups is 2. The number of nitrogens with zero attached hydrogens (tertiary/aromatic N) is 1. The van der Waals surface area contributed by atoms with E-state index in [-0.39, 0.29) is 23.9 Å². The molecule has 1 heterocycles. The standard InChI is InChI=1S/C16H19NO4S/c1-21-16(20)17-13(9-5-6-10-14(18)19)11-22-15(17)12-7-3-2-4-8-12/h2-5,7-9,13,15H,6,10-11H2,1H3,(H,18,19). The van der Waals surface area contributed by atoms with Crippen LogP contribution in [0.3, 0.4) is 0 Å². The smallest absolute Gasteiger partial charge is 0.411 e. The van der Waals surface area contributed by atoms with Crippen molar-refractivity contribution in [3.8, 4) is 0 Å². The molecule has 1 saturated heterocycles. The lowest BCUT2D eigenvalue weighted by Gasteiger charge is -2.26. The summed E-state index contributed by atoms with van der Waals surface area (Å²) in [5.41, 5.74) is 1.05. The molecule has 0 spiro atoms. The van der Waals surface area contributed by atoms with E-state index in [0.717, 1.165) is 11.3 Å². The van der Waals surface area contributed by atoms with Crippen LogP contribution in [0.15, 0.2) is 42.5 Å². The fourth-order valence-corrected chi connectivity index (χ4v) is 3.75. The zero-order valence-corrected chi connectivity index (χ0v) is 13.2. The van der Waals surface area contributed by atoms with Gasteiger partial charge in [0.2, 0.25) is 0 Å². The van der Waals surface area contributed by atoms with Crippen molar-refractivity contribution in [1.29, 1.82) is 0 Å². The highest BCUT2D eigenvalue weighted by Gasteiger charge is 2.37. The van der Waals surface area contributed by atoms with Crippen molar-refractivity contribution in [1.82, 2.24) is 4.90 Å². The Labute approximate surface area is 133 Å². The minimum atomic E-state index is -0.822. The maximum Gasteiger partial charge on any atom is 0.411 e. The largest absolute Gasteiger partial charge is 0.481 e. The molecule has 1 amide bonds.